The van der Waals surface area contributed by atoms with Crippen molar-refractivity contribution in [3.63, 3.8) is 0 Å². The van der Waals surface area contributed by atoms with Crippen LogP contribution in [0.3, 0.4) is 0 Å². The third-order valence-electron chi connectivity index (χ3n) is 8.89. The van der Waals surface area contributed by atoms with E-state index in [1.807, 2.05) is 21.1 Å². The Labute approximate surface area is 325 Å². The van der Waals surface area contributed by atoms with Crippen molar-refractivity contribution >= 4 is 19.8 Å². The van der Waals surface area contributed by atoms with Gasteiger partial charge in [0.25, 0.3) is 0 Å². The predicted molar refractivity (Wildman–Crippen MR) is 220 cm³/mol. The fourth-order valence-corrected chi connectivity index (χ4v) is 6.25. The van der Waals surface area contributed by atoms with Crippen LogP contribution in [0, 0.1) is 0 Å². The minimum absolute atomic E-state index is 0.0275. The lowest BCUT2D eigenvalue weighted by Crippen LogP contribution is -2.37. The lowest BCUT2D eigenvalue weighted by Gasteiger charge is -2.24. The summed E-state index contributed by atoms with van der Waals surface area (Å²) in [7, 11) is 1.46. The zero-order valence-corrected chi connectivity index (χ0v) is 35.6. The summed E-state index contributed by atoms with van der Waals surface area (Å²) in [4.78, 5) is 35.3. The van der Waals surface area contributed by atoms with Crippen LogP contribution in [-0.4, -0.2) is 74.9 Å². The molecule has 0 bridgehead atoms. The van der Waals surface area contributed by atoms with E-state index in [1.165, 1.54) is 64.2 Å². The number of esters is 2. The van der Waals surface area contributed by atoms with E-state index in [4.69, 9.17) is 18.5 Å². The molecule has 1 N–H and O–H groups in total. The number of hydrogen-bond acceptors (Lipinski definition) is 7. The fraction of sp³-hybridized carbons (Fsp3) is 0.814. The second-order valence-electron chi connectivity index (χ2n) is 15.4. The molecule has 1 unspecified atom stereocenters. The molecule has 0 heterocycles. The first-order valence-electron chi connectivity index (χ1n) is 21.2. The highest BCUT2D eigenvalue weighted by Gasteiger charge is 2.27. The lowest BCUT2D eigenvalue weighted by molar-refractivity contribution is -0.870. The molecule has 0 amide bonds. The summed E-state index contributed by atoms with van der Waals surface area (Å²) in [6, 6.07) is 0. The molecular formula is C43H81NO8P+. The molecule has 0 aromatic heterocycles. The SMILES string of the molecule is CCCCC/C=C\C/C=C\CCCCCCCC(=O)OC[C@H](COP(=O)(O)OCC[N+](C)(C)C)OC(=O)CCCCCCC/C=C\CCCCCCC. The number of nitrogens with zero attached hydrogens (tertiary/aromatic N) is 1. The number of rotatable bonds is 38. The van der Waals surface area contributed by atoms with Crippen LogP contribution in [0.2, 0.25) is 0 Å². The smallest absolute Gasteiger partial charge is 0.462 e. The van der Waals surface area contributed by atoms with Gasteiger partial charge in [0.2, 0.25) is 0 Å². The normalized spacial score (nSPS) is 14.0. The van der Waals surface area contributed by atoms with Gasteiger partial charge in [-0.15, -0.1) is 0 Å². The van der Waals surface area contributed by atoms with Gasteiger partial charge in [-0.1, -0.05) is 127 Å². The van der Waals surface area contributed by atoms with Crippen molar-refractivity contribution in [3.8, 4) is 0 Å². The first-order valence-corrected chi connectivity index (χ1v) is 22.7. The highest BCUT2D eigenvalue weighted by molar-refractivity contribution is 7.47. The Bertz CT molecular complexity index is 1010. The molecule has 0 aliphatic carbocycles. The number of unbranched alkanes of at least 4 members (excludes halogenated alkanes) is 18. The Balaban J connectivity index is 4.42. The van der Waals surface area contributed by atoms with E-state index in [2.05, 4.69) is 50.3 Å². The number of quaternary nitrogens is 1. The maximum atomic E-state index is 12.7. The van der Waals surface area contributed by atoms with E-state index < -0.39 is 26.5 Å². The van der Waals surface area contributed by atoms with E-state index >= 15 is 0 Å². The molecular weight excluding hydrogens is 689 g/mol. The summed E-state index contributed by atoms with van der Waals surface area (Å²) in [6.45, 7) is 4.35. The number of allylic oxidation sites excluding steroid dienone is 6. The number of ether oxygens (including phenoxy) is 2. The van der Waals surface area contributed by atoms with Gasteiger partial charge in [-0.25, -0.2) is 4.57 Å². The van der Waals surface area contributed by atoms with Gasteiger partial charge in [-0.3, -0.25) is 18.6 Å². The summed E-state index contributed by atoms with van der Waals surface area (Å²) in [6.07, 6.45) is 39.0. The van der Waals surface area contributed by atoms with Gasteiger partial charge in [-0.05, 0) is 70.6 Å². The average Bonchev–Trinajstić information content (AvgIpc) is 3.10. The summed E-state index contributed by atoms with van der Waals surface area (Å²) in [5, 5.41) is 0. The van der Waals surface area contributed by atoms with Crippen molar-refractivity contribution in [2.75, 3.05) is 47.5 Å². The minimum Gasteiger partial charge on any atom is -0.462 e. The Kier molecular flexibility index (Phi) is 34.7. The first kappa shape index (κ1) is 51.2. The van der Waals surface area contributed by atoms with Crippen LogP contribution in [0.5, 0.6) is 0 Å². The van der Waals surface area contributed by atoms with Crippen molar-refractivity contribution < 1.29 is 42.1 Å². The zero-order valence-electron chi connectivity index (χ0n) is 34.7. The van der Waals surface area contributed by atoms with Crippen molar-refractivity contribution in [3.05, 3.63) is 36.5 Å². The molecule has 0 saturated carbocycles. The second-order valence-corrected chi connectivity index (χ2v) is 16.8. The maximum Gasteiger partial charge on any atom is 0.472 e. The summed E-state index contributed by atoms with van der Waals surface area (Å²) >= 11 is 0. The number of phosphoric acid groups is 1. The van der Waals surface area contributed by atoms with Crippen molar-refractivity contribution in [1.82, 2.24) is 0 Å². The molecule has 9 nitrogen and oxygen atoms in total. The van der Waals surface area contributed by atoms with Crippen LogP contribution in [0.25, 0.3) is 0 Å². The van der Waals surface area contributed by atoms with E-state index in [9.17, 15) is 19.0 Å². The third kappa shape index (κ3) is 39.7. The Morgan fingerprint density at radius 1 is 0.585 bits per heavy atom. The first-order chi connectivity index (χ1) is 25.5. The minimum atomic E-state index is -4.38. The second kappa shape index (κ2) is 35.9. The molecule has 0 saturated heterocycles. The number of phosphoric ester groups is 1. The monoisotopic (exact) mass is 771 g/mol. The molecule has 0 radical (unpaired) electrons. The molecule has 0 aliphatic heterocycles. The molecule has 0 aliphatic rings. The van der Waals surface area contributed by atoms with Gasteiger partial charge in [0.05, 0.1) is 27.7 Å². The van der Waals surface area contributed by atoms with Crippen molar-refractivity contribution in [1.29, 1.82) is 0 Å². The molecule has 0 aromatic carbocycles. The molecule has 0 spiro atoms. The van der Waals surface area contributed by atoms with Gasteiger partial charge >= 0.3 is 19.8 Å². The van der Waals surface area contributed by atoms with Crippen LogP contribution in [0.1, 0.15) is 174 Å². The molecule has 310 valence electrons. The van der Waals surface area contributed by atoms with Crippen LogP contribution in [0.4, 0.5) is 0 Å². The average molecular weight is 771 g/mol. The summed E-state index contributed by atoms with van der Waals surface area (Å²) in [5.41, 5.74) is 0. The molecule has 2 atom stereocenters. The van der Waals surface area contributed by atoms with Gasteiger partial charge in [0.15, 0.2) is 6.10 Å². The van der Waals surface area contributed by atoms with E-state index in [0.717, 1.165) is 77.0 Å². The highest BCUT2D eigenvalue weighted by Crippen LogP contribution is 2.43. The zero-order chi connectivity index (χ0) is 39.3. The molecule has 0 rings (SSSR count). The van der Waals surface area contributed by atoms with E-state index in [1.54, 1.807) is 0 Å². The van der Waals surface area contributed by atoms with Gasteiger partial charge in [-0.2, -0.15) is 0 Å². The lowest BCUT2D eigenvalue weighted by atomic mass is 10.1. The predicted octanol–water partition coefficient (Wildman–Crippen LogP) is 11.7. The van der Waals surface area contributed by atoms with E-state index in [0.29, 0.717) is 17.4 Å². The highest BCUT2D eigenvalue weighted by atomic mass is 31.2. The van der Waals surface area contributed by atoms with Gasteiger partial charge in [0, 0.05) is 12.8 Å². The Hall–Kier alpha value is -1.77. The van der Waals surface area contributed by atoms with Crippen LogP contribution < -0.4 is 0 Å². The summed E-state index contributed by atoms with van der Waals surface area (Å²) < 4.78 is 34.2. The standard InChI is InChI=1S/C43H80NO8P/c1-6-8-10-12-14-16-18-20-22-24-25-27-29-31-33-35-42(45)49-39-41(40-51-53(47,48)50-38-37-44(3,4)5)52-43(46)36-34-32-30-28-26-23-21-19-17-15-13-11-9-7-2/h14,16,19-22,41H,6-13,15,17-18,23-40H2,1-5H3/p+1/b16-14-,21-19-,22-20-/t41-/m1/s1. The number of likely N-dealkylation sites (N-methyl/N-ethyl adjacent to an activating group) is 1. The van der Waals surface area contributed by atoms with E-state index in [-0.39, 0.29) is 32.0 Å². The Morgan fingerprint density at radius 2 is 1.02 bits per heavy atom. The third-order valence-corrected chi connectivity index (χ3v) is 9.88. The quantitative estimate of drug-likeness (QED) is 0.0217. The van der Waals surface area contributed by atoms with Crippen LogP contribution in [-0.2, 0) is 32.7 Å². The van der Waals surface area contributed by atoms with Gasteiger partial charge in [0.1, 0.15) is 19.8 Å². The Morgan fingerprint density at radius 3 is 1.55 bits per heavy atom. The molecule has 0 fully saturated rings. The fourth-order valence-electron chi connectivity index (χ4n) is 5.51. The number of carbonyl (C=O) groups is 2. The van der Waals surface area contributed by atoms with Crippen molar-refractivity contribution in [2.24, 2.45) is 0 Å². The van der Waals surface area contributed by atoms with Crippen LogP contribution in [0.15, 0.2) is 36.5 Å². The maximum absolute atomic E-state index is 12.7. The largest absolute Gasteiger partial charge is 0.472 e. The summed E-state index contributed by atoms with van der Waals surface area (Å²) in [5.74, 6) is -0.825. The topological polar surface area (TPSA) is 108 Å². The number of hydrogen-bond donors (Lipinski definition) is 1. The molecule has 10 heteroatoms. The van der Waals surface area contributed by atoms with Crippen LogP contribution >= 0.6 is 7.82 Å². The van der Waals surface area contributed by atoms with Crippen molar-refractivity contribution in [2.45, 2.75) is 180 Å². The van der Waals surface area contributed by atoms with Gasteiger partial charge < -0.3 is 18.9 Å². The molecule has 0 aromatic rings. The molecule has 53 heavy (non-hydrogen) atoms. The number of carbonyl (C=O) groups excluding carboxylic acids is 2.